The Balaban J connectivity index is 1.50. The molecule has 29 heavy (non-hydrogen) atoms. The summed E-state index contributed by atoms with van der Waals surface area (Å²) in [6.45, 7) is 2.32. The molecule has 0 aliphatic carbocycles. The van der Waals surface area contributed by atoms with Crippen molar-refractivity contribution in [2.24, 2.45) is 0 Å². The molecule has 1 aromatic carbocycles. The average molecular weight is 414 g/mol. The first-order valence-corrected chi connectivity index (χ1v) is 10.2. The Hall–Kier alpha value is -3.00. The van der Waals surface area contributed by atoms with E-state index in [2.05, 4.69) is 5.32 Å². The van der Waals surface area contributed by atoms with Gasteiger partial charge in [-0.05, 0) is 49.2 Å². The van der Waals surface area contributed by atoms with Crippen LogP contribution in [0.5, 0.6) is 0 Å². The van der Waals surface area contributed by atoms with Gasteiger partial charge in [0, 0.05) is 37.0 Å². The monoisotopic (exact) mass is 414 g/mol. The number of nitrogens with one attached hydrogen (secondary N) is 1. The number of carbonyl (C=O) groups excluding carboxylic acids is 4. The smallest absolute Gasteiger partial charge is 0.338 e. The summed E-state index contributed by atoms with van der Waals surface area (Å²) < 4.78 is 5.13. The van der Waals surface area contributed by atoms with Crippen LogP contribution in [-0.4, -0.2) is 43.3 Å². The number of anilines is 1. The summed E-state index contributed by atoms with van der Waals surface area (Å²) >= 11 is 1.33. The molecule has 0 spiro atoms. The highest BCUT2D eigenvalue weighted by atomic mass is 32.1. The predicted molar refractivity (Wildman–Crippen MR) is 109 cm³/mol. The van der Waals surface area contributed by atoms with Gasteiger partial charge in [0.2, 0.25) is 17.6 Å². The van der Waals surface area contributed by atoms with Crippen LogP contribution in [0.25, 0.3) is 0 Å². The number of hydrogen-bond acceptors (Lipinski definition) is 6. The van der Waals surface area contributed by atoms with Gasteiger partial charge in [0.05, 0.1) is 10.4 Å². The summed E-state index contributed by atoms with van der Waals surface area (Å²) in [5, 5.41) is 2.71. The number of nitrogens with zero attached hydrogens (tertiary/aromatic N) is 1. The molecule has 152 valence electrons. The summed E-state index contributed by atoms with van der Waals surface area (Å²) in [6, 6.07) is 10.1. The third-order valence-electron chi connectivity index (χ3n) is 4.50. The molecule has 2 amide bonds. The molecule has 0 bridgehead atoms. The van der Waals surface area contributed by atoms with Crippen molar-refractivity contribution in [2.45, 2.75) is 26.2 Å². The highest BCUT2D eigenvalue weighted by molar-refractivity contribution is 7.14. The van der Waals surface area contributed by atoms with E-state index in [4.69, 9.17) is 4.74 Å². The standard InChI is InChI=1S/C21H22N2O5S/c1-14(24)22-11-10-17-8-9-19(29-17)18(25)13-28-21(27)15-4-6-16(7-5-15)23-12-2-3-20(23)26/h4-9H,2-3,10-13H2,1H3,(H,22,24). The Bertz CT molecular complexity index is 919. The van der Waals surface area contributed by atoms with Crippen molar-refractivity contribution in [3.63, 3.8) is 0 Å². The second-order valence-corrected chi connectivity index (χ2v) is 7.86. The minimum absolute atomic E-state index is 0.0818. The lowest BCUT2D eigenvalue weighted by Crippen LogP contribution is -2.23. The number of esters is 1. The van der Waals surface area contributed by atoms with Crippen LogP contribution in [0.4, 0.5) is 5.69 Å². The number of ether oxygens (including phenoxy) is 1. The molecule has 3 rings (SSSR count). The zero-order chi connectivity index (χ0) is 20.8. The van der Waals surface area contributed by atoms with E-state index in [0.717, 1.165) is 17.0 Å². The van der Waals surface area contributed by atoms with Crippen LogP contribution in [0.3, 0.4) is 0 Å². The molecule has 1 saturated heterocycles. The van der Waals surface area contributed by atoms with Crippen LogP contribution in [0.15, 0.2) is 36.4 Å². The van der Waals surface area contributed by atoms with E-state index in [0.29, 0.717) is 36.4 Å². The van der Waals surface area contributed by atoms with Crippen molar-refractivity contribution in [1.82, 2.24) is 5.32 Å². The van der Waals surface area contributed by atoms with E-state index in [1.54, 1.807) is 35.2 Å². The summed E-state index contributed by atoms with van der Waals surface area (Å²) in [5.41, 5.74) is 1.08. The van der Waals surface area contributed by atoms with Gasteiger partial charge in [-0.2, -0.15) is 0 Å². The number of rotatable bonds is 8. The molecule has 1 aromatic heterocycles. The second kappa shape index (κ2) is 9.47. The fourth-order valence-electron chi connectivity index (χ4n) is 3.01. The molecule has 0 atom stereocenters. The molecular weight excluding hydrogens is 392 g/mol. The van der Waals surface area contributed by atoms with Gasteiger partial charge in [-0.3, -0.25) is 14.4 Å². The van der Waals surface area contributed by atoms with E-state index < -0.39 is 5.97 Å². The molecule has 1 N–H and O–H groups in total. The molecule has 1 fully saturated rings. The maximum atomic E-state index is 12.3. The Kier molecular flexibility index (Phi) is 6.77. The zero-order valence-corrected chi connectivity index (χ0v) is 16.9. The van der Waals surface area contributed by atoms with Gasteiger partial charge >= 0.3 is 5.97 Å². The van der Waals surface area contributed by atoms with E-state index >= 15 is 0 Å². The van der Waals surface area contributed by atoms with Gasteiger partial charge in [0.15, 0.2) is 6.61 Å². The average Bonchev–Trinajstić information content (AvgIpc) is 3.35. The molecule has 2 heterocycles. The van der Waals surface area contributed by atoms with Gasteiger partial charge < -0.3 is 15.0 Å². The van der Waals surface area contributed by atoms with Crippen molar-refractivity contribution >= 4 is 40.6 Å². The first kappa shape index (κ1) is 20.7. The van der Waals surface area contributed by atoms with Crippen LogP contribution in [0.2, 0.25) is 0 Å². The lowest BCUT2D eigenvalue weighted by atomic mass is 10.2. The molecule has 0 saturated carbocycles. The van der Waals surface area contributed by atoms with Crippen LogP contribution < -0.4 is 10.2 Å². The number of Topliss-reactive ketones (excluding diaryl/α,β-unsaturated/α-hetero) is 1. The van der Waals surface area contributed by atoms with Gasteiger partial charge in [-0.15, -0.1) is 11.3 Å². The maximum Gasteiger partial charge on any atom is 0.338 e. The Labute approximate surface area is 172 Å². The Morgan fingerprint density at radius 1 is 1.14 bits per heavy atom. The lowest BCUT2D eigenvalue weighted by molar-refractivity contribution is -0.119. The normalized spacial score (nSPS) is 13.4. The van der Waals surface area contributed by atoms with Crippen molar-refractivity contribution in [2.75, 3.05) is 24.6 Å². The number of benzene rings is 1. The van der Waals surface area contributed by atoms with Crippen molar-refractivity contribution in [3.8, 4) is 0 Å². The molecular formula is C21H22N2O5S. The minimum Gasteiger partial charge on any atom is -0.454 e. The van der Waals surface area contributed by atoms with Crippen molar-refractivity contribution < 1.29 is 23.9 Å². The second-order valence-electron chi connectivity index (χ2n) is 6.69. The number of thiophene rings is 1. The first-order valence-electron chi connectivity index (χ1n) is 9.38. The highest BCUT2D eigenvalue weighted by Crippen LogP contribution is 2.22. The van der Waals surface area contributed by atoms with Gasteiger partial charge in [0.25, 0.3) is 0 Å². The van der Waals surface area contributed by atoms with Crippen molar-refractivity contribution in [1.29, 1.82) is 0 Å². The molecule has 1 aliphatic heterocycles. The third kappa shape index (κ3) is 5.51. The number of carbonyl (C=O) groups is 4. The predicted octanol–water partition coefficient (Wildman–Crippen LogP) is 2.59. The molecule has 0 radical (unpaired) electrons. The molecule has 2 aromatic rings. The Morgan fingerprint density at radius 3 is 2.55 bits per heavy atom. The topological polar surface area (TPSA) is 92.8 Å². The maximum absolute atomic E-state index is 12.3. The molecule has 7 nitrogen and oxygen atoms in total. The molecule has 8 heteroatoms. The fraction of sp³-hybridized carbons (Fsp3) is 0.333. The van der Waals surface area contributed by atoms with Crippen molar-refractivity contribution in [3.05, 3.63) is 51.7 Å². The SMILES string of the molecule is CC(=O)NCCc1ccc(C(=O)COC(=O)c2ccc(N3CCCC3=O)cc2)s1. The molecule has 1 aliphatic rings. The quantitative estimate of drug-likeness (QED) is 0.529. The van der Waals surface area contributed by atoms with E-state index in [1.807, 2.05) is 6.07 Å². The fourth-order valence-corrected chi connectivity index (χ4v) is 3.94. The van der Waals surface area contributed by atoms with Gasteiger partial charge in [-0.25, -0.2) is 4.79 Å². The molecule has 0 unspecified atom stereocenters. The zero-order valence-electron chi connectivity index (χ0n) is 16.1. The van der Waals surface area contributed by atoms with Crippen LogP contribution in [0.1, 0.15) is 44.7 Å². The van der Waals surface area contributed by atoms with Crippen LogP contribution >= 0.6 is 11.3 Å². The Morgan fingerprint density at radius 2 is 1.90 bits per heavy atom. The minimum atomic E-state index is -0.583. The van der Waals surface area contributed by atoms with Crippen LogP contribution in [0, 0.1) is 0 Å². The first-order chi connectivity index (χ1) is 13.9. The number of hydrogen-bond donors (Lipinski definition) is 1. The van der Waals surface area contributed by atoms with E-state index in [9.17, 15) is 19.2 Å². The summed E-state index contributed by atoms with van der Waals surface area (Å²) in [5.74, 6) is -0.864. The number of amides is 2. The van der Waals surface area contributed by atoms with E-state index in [1.165, 1.54) is 18.3 Å². The third-order valence-corrected chi connectivity index (χ3v) is 5.69. The number of ketones is 1. The summed E-state index contributed by atoms with van der Waals surface area (Å²) in [6.07, 6.45) is 2.02. The summed E-state index contributed by atoms with van der Waals surface area (Å²) in [4.78, 5) is 50.3. The van der Waals surface area contributed by atoms with Gasteiger partial charge in [0.1, 0.15) is 0 Å². The summed E-state index contributed by atoms with van der Waals surface area (Å²) in [7, 11) is 0. The lowest BCUT2D eigenvalue weighted by Gasteiger charge is -2.15. The van der Waals surface area contributed by atoms with Crippen LogP contribution in [-0.2, 0) is 20.7 Å². The van der Waals surface area contributed by atoms with Gasteiger partial charge in [-0.1, -0.05) is 0 Å². The highest BCUT2D eigenvalue weighted by Gasteiger charge is 2.22. The largest absolute Gasteiger partial charge is 0.454 e. The van der Waals surface area contributed by atoms with E-state index in [-0.39, 0.29) is 24.2 Å².